The van der Waals surface area contributed by atoms with E-state index in [1.54, 1.807) is 18.2 Å². The van der Waals surface area contributed by atoms with Crippen LogP contribution in [0.1, 0.15) is 21.5 Å². The lowest BCUT2D eigenvalue weighted by molar-refractivity contribution is -0.921. The largest absolute Gasteiger partial charge is 0.507 e. The first-order valence-electron chi connectivity index (χ1n) is 9.47. The molecule has 0 aliphatic carbocycles. The number of rotatable bonds is 3. The van der Waals surface area contributed by atoms with Gasteiger partial charge in [0.05, 0.1) is 24.3 Å². The molecule has 5 rings (SSSR count). The molecule has 0 atom stereocenters. The van der Waals surface area contributed by atoms with Crippen molar-refractivity contribution in [2.45, 2.75) is 6.54 Å². The van der Waals surface area contributed by atoms with Gasteiger partial charge >= 0.3 is 0 Å². The van der Waals surface area contributed by atoms with Crippen LogP contribution in [-0.2, 0) is 11.3 Å². The number of morpholine rings is 1. The molecular formula is C22H21N2O4+. The molecule has 28 heavy (non-hydrogen) atoms. The Labute approximate surface area is 162 Å². The topological polar surface area (TPSA) is 76.0 Å². The summed E-state index contributed by atoms with van der Waals surface area (Å²) in [6.07, 6.45) is 3.64. The van der Waals surface area contributed by atoms with E-state index in [9.17, 15) is 9.90 Å². The number of allylic oxidation sites excluding steroid dienone is 1. The Kier molecular flexibility index (Phi) is 4.15. The van der Waals surface area contributed by atoms with Crippen molar-refractivity contribution in [3.05, 3.63) is 65.0 Å². The first-order chi connectivity index (χ1) is 13.7. The Morgan fingerprint density at radius 3 is 2.82 bits per heavy atom. The fourth-order valence-corrected chi connectivity index (χ4v) is 3.91. The molecule has 0 amide bonds. The maximum Gasteiger partial charge on any atom is 0.231 e. The van der Waals surface area contributed by atoms with E-state index in [0.29, 0.717) is 36.6 Å². The molecule has 6 nitrogen and oxygen atoms in total. The molecule has 6 heteroatoms. The minimum absolute atomic E-state index is 0.154. The lowest BCUT2D eigenvalue weighted by Gasteiger charge is -2.24. The Bertz CT molecular complexity index is 1090. The number of hydrogen-bond acceptors (Lipinski definition) is 4. The maximum absolute atomic E-state index is 12.9. The molecular weight excluding hydrogens is 356 g/mol. The number of hydrogen-bond donors (Lipinski definition) is 3. The lowest BCUT2D eigenvalue weighted by Crippen LogP contribution is -3.12. The summed E-state index contributed by atoms with van der Waals surface area (Å²) >= 11 is 0. The molecule has 0 spiro atoms. The fourth-order valence-electron chi connectivity index (χ4n) is 3.91. The van der Waals surface area contributed by atoms with Gasteiger partial charge in [0, 0.05) is 22.7 Å². The van der Waals surface area contributed by atoms with Crippen LogP contribution in [0.4, 0.5) is 0 Å². The summed E-state index contributed by atoms with van der Waals surface area (Å²) in [5.41, 5.74) is 3.10. The number of nitrogens with one attached hydrogen (secondary N) is 2. The van der Waals surface area contributed by atoms with E-state index in [1.807, 2.05) is 30.5 Å². The number of fused-ring (bicyclic) bond motifs is 2. The Morgan fingerprint density at radius 1 is 1.14 bits per heavy atom. The van der Waals surface area contributed by atoms with Gasteiger partial charge < -0.3 is 24.5 Å². The SMILES string of the molecule is O=C1/C(=C/c2c[nH]c3ccccc23)Oc2c1ccc(O)c2C[NH+]1CCOCC1. The average Bonchev–Trinajstić information content (AvgIpc) is 3.27. The summed E-state index contributed by atoms with van der Waals surface area (Å²) in [6, 6.07) is 11.1. The number of phenolic OH excluding ortho intramolecular Hbond substituents is 1. The van der Waals surface area contributed by atoms with Crippen molar-refractivity contribution in [1.82, 2.24) is 4.98 Å². The smallest absolute Gasteiger partial charge is 0.231 e. The molecule has 2 aliphatic rings. The van der Waals surface area contributed by atoms with Crippen LogP contribution in [0.15, 0.2) is 48.4 Å². The van der Waals surface area contributed by atoms with Gasteiger partial charge in [-0.05, 0) is 24.3 Å². The molecule has 3 aromatic rings. The third-order valence-corrected chi connectivity index (χ3v) is 5.45. The van der Waals surface area contributed by atoms with Crippen molar-refractivity contribution in [1.29, 1.82) is 0 Å². The summed E-state index contributed by atoms with van der Waals surface area (Å²) < 4.78 is 11.4. The molecule has 0 bridgehead atoms. The number of H-pyrrole nitrogens is 1. The van der Waals surface area contributed by atoms with E-state index in [-0.39, 0.29) is 17.3 Å². The molecule has 1 saturated heterocycles. The summed E-state index contributed by atoms with van der Waals surface area (Å²) in [7, 11) is 0. The Morgan fingerprint density at radius 2 is 1.96 bits per heavy atom. The molecule has 3 N–H and O–H groups in total. The molecule has 142 valence electrons. The molecule has 2 aliphatic heterocycles. The van der Waals surface area contributed by atoms with E-state index in [4.69, 9.17) is 9.47 Å². The van der Waals surface area contributed by atoms with Gasteiger partial charge in [-0.3, -0.25) is 4.79 Å². The number of aromatic hydroxyl groups is 1. The zero-order valence-electron chi connectivity index (χ0n) is 15.3. The predicted molar refractivity (Wildman–Crippen MR) is 105 cm³/mol. The average molecular weight is 377 g/mol. The highest BCUT2D eigenvalue weighted by Gasteiger charge is 2.33. The van der Waals surface area contributed by atoms with Crippen molar-refractivity contribution >= 4 is 22.8 Å². The van der Waals surface area contributed by atoms with Crippen molar-refractivity contribution in [3.8, 4) is 11.5 Å². The van der Waals surface area contributed by atoms with Crippen LogP contribution >= 0.6 is 0 Å². The summed E-state index contributed by atoms with van der Waals surface area (Å²) in [5.74, 6) is 0.774. The van der Waals surface area contributed by atoms with Crippen LogP contribution in [0.5, 0.6) is 11.5 Å². The zero-order valence-corrected chi connectivity index (χ0v) is 15.3. The highest BCUT2D eigenvalue weighted by molar-refractivity contribution is 6.15. The van der Waals surface area contributed by atoms with Crippen molar-refractivity contribution < 1.29 is 24.3 Å². The van der Waals surface area contributed by atoms with Crippen LogP contribution < -0.4 is 9.64 Å². The Hall–Kier alpha value is -3.09. The molecule has 0 unspecified atom stereocenters. The number of aromatic amines is 1. The number of ether oxygens (including phenoxy) is 2. The molecule has 3 heterocycles. The predicted octanol–water partition coefficient (Wildman–Crippen LogP) is 1.90. The van der Waals surface area contributed by atoms with Gasteiger partial charge in [-0.2, -0.15) is 0 Å². The standard InChI is InChI=1S/C22H20N2O4/c25-19-6-5-16-21(26)20(11-14-12-23-18-4-2-1-3-15(14)18)28-22(16)17(19)13-24-7-9-27-10-8-24/h1-6,11-12,23,25H,7-10,13H2/p+1/b20-11-. The van der Waals surface area contributed by atoms with Crippen LogP contribution in [0, 0.1) is 0 Å². The highest BCUT2D eigenvalue weighted by atomic mass is 16.5. The number of Topliss-reactive ketones (excluding diaryl/α,β-unsaturated/α-hetero) is 1. The second-order valence-corrected chi connectivity index (χ2v) is 7.21. The zero-order chi connectivity index (χ0) is 19.1. The van der Waals surface area contributed by atoms with Crippen LogP contribution in [0.25, 0.3) is 17.0 Å². The summed E-state index contributed by atoms with van der Waals surface area (Å²) in [4.78, 5) is 17.4. The minimum Gasteiger partial charge on any atom is -0.507 e. The van der Waals surface area contributed by atoms with E-state index in [1.165, 1.54) is 4.90 Å². The summed E-state index contributed by atoms with van der Waals surface area (Å²) in [6.45, 7) is 3.75. The molecule has 2 aromatic carbocycles. The first-order valence-corrected chi connectivity index (χ1v) is 9.47. The van der Waals surface area contributed by atoms with Crippen LogP contribution in [0.2, 0.25) is 0 Å². The highest BCUT2D eigenvalue weighted by Crippen LogP contribution is 2.39. The van der Waals surface area contributed by atoms with E-state index in [2.05, 4.69) is 4.98 Å². The van der Waals surface area contributed by atoms with Crippen molar-refractivity contribution in [3.63, 3.8) is 0 Å². The van der Waals surface area contributed by atoms with Crippen molar-refractivity contribution in [2.24, 2.45) is 0 Å². The van der Waals surface area contributed by atoms with Gasteiger partial charge in [0.25, 0.3) is 0 Å². The number of carbonyl (C=O) groups is 1. The number of benzene rings is 2. The quantitative estimate of drug-likeness (QED) is 0.610. The van der Waals surface area contributed by atoms with Crippen LogP contribution in [0.3, 0.4) is 0 Å². The van der Waals surface area contributed by atoms with Gasteiger partial charge in [-0.15, -0.1) is 0 Å². The van der Waals surface area contributed by atoms with Crippen LogP contribution in [-0.4, -0.2) is 42.2 Å². The number of carbonyl (C=O) groups excluding carboxylic acids is 1. The fraction of sp³-hybridized carbons (Fsp3) is 0.227. The second kappa shape index (κ2) is 6.82. The number of para-hydroxylation sites is 1. The molecule has 1 fully saturated rings. The maximum atomic E-state index is 12.9. The van der Waals surface area contributed by atoms with Crippen molar-refractivity contribution in [2.75, 3.05) is 26.3 Å². The van der Waals surface area contributed by atoms with Gasteiger partial charge in [0.15, 0.2) is 11.5 Å². The third-order valence-electron chi connectivity index (χ3n) is 5.45. The monoisotopic (exact) mass is 377 g/mol. The minimum atomic E-state index is -0.154. The molecule has 0 saturated carbocycles. The first kappa shape index (κ1) is 17.0. The number of phenols is 1. The number of aromatic nitrogens is 1. The Balaban J connectivity index is 1.50. The molecule has 1 aromatic heterocycles. The van der Waals surface area contributed by atoms with Gasteiger partial charge in [-0.25, -0.2) is 0 Å². The second-order valence-electron chi connectivity index (χ2n) is 7.21. The number of quaternary nitrogens is 1. The lowest BCUT2D eigenvalue weighted by atomic mass is 10.0. The van der Waals surface area contributed by atoms with E-state index < -0.39 is 0 Å². The van der Waals surface area contributed by atoms with Gasteiger partial charge in [0.1, 0.15) is 25.4 Å². The van der Waals surface area contributed by atoms with E-state index >= 15 is 0 Å². The normalized spacial score (nSPS) is 18.6. The van der Waals surface area contributed by atoms with Gasteiger partial charge in [-0.1, -0.05) is 18.2 Å². The van der Waals surface area contributed by atoms with Gasteiger partial charge in [0.2, 0.25) is 5.78 Å². The summed E-state index contributed by atoms with van der Waals surface area (Å²) in [5, 5.41) is 11.4. The number of ketones is 1. The third kappa shape index (κ3) is 2.87. The van der Waals surface area contributed by atoms with E-state index in [0.717, 1.165) is 29.6 Å². The molecule has 0 radical (unpaired) electrons.